The van der Waals surface area contributed by atoms with Crippen LogP contribution in [0.15, 0.2) is 22.8 Å². The molecule has 0 aliphatic carbocycles. The molecule has 0 saturated carbocycles. The molecule has 82 valence electrons. The minimum atomic E-state index is -1.76. The molecule has 1 unspecified atom stereocenters. The molecule has 0 bridgehead atoms. The Kier molecular flexibility index (Phi) is 2.50. The third-order valence-electron chi connectivity index (χ3n) is 2.12. The Labute approximate surface area is 104 Å². The van der Waals surface area contributed by atoms with Gasteiger partial charge in [0.1, 0.15) is 10.4 Å². The Hall–Kier alpha value is -0.610. The molecule has 1 aliphatic rings. The third kappa shape index (κ3) is 3.47. The Morgan fingerprint density at radius 2 is 2.60 bits per heavy atom. The van der Waals surface area contributed by atoms with Gasteiger partial charge < -0.3 is 10.1 Å². The van der Waals surface area contributed by atoms with Gasteiger partial charge >= 0.3 is 0 Å². The molecule has 0 aromatic carbocycles. The fraction of sp³-hybridized carbons (Fsp3) is 0.545. The number of hydrogen-bond acceptors (Lipinski definition) is 3. The first-order valence-electron chi connectivity index (χ1n) is 6.83. The molecule has 1 aromatic heterocycles. The number of rotatable bonds is 3. The summed E-state index contributed by atoms with van der Waals surface area (Å²) in [4.78, 5) is 4.13. The third-order valence-corrected chi connectivity index (χ3v) is 2.56. The Morgan fingerprint density at radius 3 is 3.40 bits per heavy atom. The first-order valence-corrected chi connectivity index (χ1v) is 5.62. The summed E-state index contributed by atoms with van der Waals surface area (Å²) in [5, 5.41) is 2.74. The Bertz CT molecular complexity index is 458. The van der Waals surface area contributed by atoms with Crippen LogP contribution in [0.1, 0.15) is 18.3 Å². The molecule has 1 atom stereocenters. The van der Waals surface area contributed by atoms with Crippen molar-refractivity contribution in [2.75, 3.05) is 25.0 Å². The highest BCUT2D eigenvalue weighted by atomic mass is 79.9. The van der Waals surface area contributed by atoms with Crippen LogP contribution in [-0.2, 0) is 4.74 Å². The zero-order valence-corrected chi connectivity index (χ0v) is 9.75. The standard InChI is InChI=1S/C11H15BrN2O/c12-10-2-1-3-11(14-10)13-8-9-4-6-15-7-5-9/h1-3,9H,4-8H2,(H,13,14)/i6D2,8D2. The van der Waals surface area contributed by atoms with E-state index in [1.54, 1.807) is 18.2 Å². The lowest BCUT2D eigenvalue weighted by molar-refractivity contribution is 0.0699. The summed E-state index contributed by atoms with van der Waals surface area (Å²) in [6, 6.07) is 5.20. The van der Waals surface area contributed by atoms with Crippen molar-refractivity contribution in [3.8, 4) is 0 Å². The number of hydrogen-bond donors (Lipinski definition) is 1. The van der Waals surface area contributed by atoms with E-state index in [0.717, 1.165) is 0 Å². The minimum Gasteiger partial charge on any atom is -0.381 e. The van der Waals surface area contributed by atoms with Gasteiger partial charge in [0.05, 0.1) is 2.74 Å². The van der Waals surface area contributed by atoms with E-state index < -0.39 is 19.0 Å². The average molecular weight is 275 g/mol. The summed E-state index contributed by atoms with van der Waals surface area (Å²) in [6.45, 7) is -3.27. The van der Waals surface area contributed by atoms with E-state index in [9.17, 15) is 0 Å². The van der Waals surface area contributed by atoms with E-state index >= 15 is 0 Å². The normalized spacial score (nSPS) is 29.5. The van der Waals surface area contributed by atoms with Crippen molar-refractivity contribution in [1.29, 1.82) is 0 Å². The number of anilines is 1. The quantitative estimate of drug-likeness (QED) is 0.861. The summed E-state index contributed by atoms with van der Waals surface area (Å²) in [5.41, 5.74) is 0. The Morgan fingerprint density at radius 1 is 1.67 bits per heavy atom. The van der Waals surface area contributed by atoms with E-state index in [-0.39, 0.29) is 13.0 Å². The molecule has 1 fully saturated rings. The predicted molar refractivity (Wildman–Crippen MR) is 64.0 cm³/mol. The topological polar surface area (TPSA) is 34.2 Å². The summed E-state index contributed by atoms with van der Waals surface area (Å²) in [6.07, 6.45) is 0.508. The van der Waals surface area contributed by atoms with Crippen LogP contribution in [-0.4, -0.2) is 24.6 Å². The van der Waals surface area contributed by atoms with Crippen LogP contribution in [0.5, 0.6) is 0 Å². The zero-order valence-electron chi connectivity index (χ0n) is 12.2. The number of pyridine rings is 1. The molecule has 0 spiro atoms. The van der Waals surface area contributed by atoms with E-state index in [0.29, 0.717) is 16.8 Å². The molecular formula is C11H15BrN2O. The molecule has 0 radical (unpaired) electrons. The smallest absolute Gasteiger partial charge is 0.127 e. The summed E-state index contributed by atoms with van der Waals surface area (Å²) >= 11 is 3.23. The van der Waals surface area contributed by atoms with Crippen molar-refractivity contribution < 1.29 is 10.2 Å². The summed E-state index contributed by atoms with van der Waals surface area (Å²) in [5.74, 6) is -0.0385. The molecule has 15 heavy (non-hydrogen) atoms. The van der Waals surface area contributed by atoms with Crippen molar-refractivity contribution in [1.82, 2.24) is 4.98 Å². The molecule has 0 amide bonds. The van der Waals surface area contributed by atoms with Gasteiger partial charge in [0, 0.05) is 22.4 Å². The molecule has 2 rings (SSSR count). The van der Waals surface area contributed by atoms with Crippen LogP contribution < -0.4 is 5.32 Å². The van der Waals surface area contributed by atoms with Crippen LogP contribution in [0, 0.1) is 5.92 Å². The highest BCUT2D eigenvalue weighted by Crippen LogP contribution is 2.16. The maximum Gasteiger partial charge on any atom is 0.127 e. The molecule has 4 heteroatoms. The first kappa shape index (κ1) is 6.86. The number of nitrogens with zero attached hydrogens (tertiary/aromatic N) is 1. The van der Waals surface area contributed by atoms with Crippen molar-refractivity contribution in [3.63, 3.8) is 0 Å². The maximum absolute atomic E-state index is 8.08. The maximum atomic E-state index is 8.08. The van der Waals surface area contributed by atoms with Gasteiger partial charge in [0.15, 0.2) is 0 Å². The van der Waals surface area contributed by atoms with Crippen molar-refractivity contribution in [3.05, 3.63) is 22.8 Å². The number of halogens is 1. The largest absolute Gasteiger partial charge is 0.381 e. The number of ether oxygens (including phenoxy) is 1. The van der Waals surface area contributed by atoms with Crippen LogP contribution in [0.2, 0.25) is 0 Å². The second kappa shape index (κ2) is 5.47. The van der Waals surface area contributed by atoms with E-state index in [2.05, 4.69) is 26.2 Å². The minimum absolute atomic E-state index is 0.0288. The zero-order chi connectivity index (χ0) is 14.1. The molecule has 1 saturated heterocycles. The SMILES string of the molecule is [2H]C1([2H])CC(C([2H])([2H])Nc2cccc(Br)n2)CCO1. The molecule has 3 nitrogen and oxygen atoms in total. The lowest BCUT2D eigenvalue weighted by Crippen LogP contribution is -2.22. The fourth-order valence-corrected chi connectivity index (χ4v) is 1.66. The van der Waals surface area contributed by atoms with Crippen molar-refractivity contribution >= 4 is 21.7 Å². The summed E-state index contributed by atoms with van der Waals surface area (Å²) in [7, 11) is 0. The molecule has 1 aromatic rings. The lowest BCUT2D eigenvalue weighted by atomic mass is 10.0. The van der Waals surface area contributed by atoms with Crippen LogP contribution in [0.25, 0.3) is 0 Å². The number of aromatic nitrogens is 1. The van der Waals surface area contributed by atoms with Crippen LogP contribution in [0.3, 0.4) is 0 Å². The molecular weight excluding hydrogens is 256 g/mol. The van der Waals surface area contributed by atoms with Crippen LogP contribution >= 0.6 is 15.9 Å². The van der Waals surface area contributed by atoms with E-state index in [1.165, 1.54) is 0 Å². The first-order chi connectivity index (χ1) is 8.78. The van der Waals surface area contributed by atoms with Gasteiger partial charge in [0.25, 0.3) is 0 Å². The predicted octanol–water partition coefficient (Wildman–Crippen LogP) is 2.68. The lowest BCUT2D eigenvalue weighted by Gasteiger charge is -2.22. The second-order valence-corrected chi connectivity index (χ2v) is 4.11. The molecule has 1 N–H and O–H groups in total. The average Bonchev–Trinajstić information content (AvgIpc) is 2.27. The van der Waals surface area contributed by atoms with Crippen LogP contribution in [0.4, 0.5) is 5.82 Å². The Balaban J connectivity index is 2.09. The van der Waals surface area contributed by atoms with Gasteiger partial charge in [-0.2, -0.15) is 0 Å². The molecule has 1 aliphatic heterocycles. The van der Waals surface area contributed by atoms with Crippen molar-refractivity contribution in [2.45, 2.75) is 12.8 Å². The van der Waals surface area contributed by atoms with Gasteiger partial charge in [-0.25, -0.2) is 4.98 Å². The fourth-order valence-electron chi connectivity index (χ4n) is 1.31. The highest BCUT2D eigenvalue weighted by Gasteiger charge is 2.13. The summed E-state index contributed by atoms with van der Waals surface area (Å²) < 4.78 is 36.9. The van der Waals surface area contributed by atoms with Gasteiger partial charge in [-0.05, 0) is 46.8 Å². The number of nitrogens with one attached hydrogen (secondary N) is 1. The van der Waals surface area contributed by atoms with E-state index in [4.69, 9.17) is 10.2 Å². The molecule has 2 heterocycles. The highest BCUT2D eigenvalue weighted by molar-refractivity contribution is 9.10. The monoisotopic (exact) mass is 274 g/mol. The second-order valence-electron chi connectivity index (χ2n) is 3.30. The van der Waals surface area contributed by atoms with Gasteiger partial charge in [-0.3, -0.25) is 0 Å². The van der Waals surface area contributed by atoms with Gasteiger partial charge in [-0.15, -0.1) is 0 Å². The van der Waals surface area contributed by atoms with Gasteiger partial charge in [0.2, 0.25) is 0 Å². The van der Waals surface area contributed by atoms with E-state index in [1.807, 2.05) is 0 Å². The van der Waals surface area contributed by atoms with Gasteiger partial charge in [-0.1, -0.05) is 6.07 Å². The van der Waals surface area contributed by atoms with Crippen molar-refractivity contribution in [2.24, 2.45) is 5.92 Å².